The van der Waals surface area contributed by atoms with Crippen LogP contribution in [0.4, 0.5) is 13.2 Å². The molecule has 2 heterocycles. The number of hydrogen-bond donors (Lipinski definition) is 0. The summed E-state index contributed by atoms with van der Waals surface area (Å²) in [6.07, 6.45) is -1.45. The summed E-state index contributed by atoms with van der Waals surface area (Å²) in [7, 11) is 0. The molecule has 5 rings (SSSR count). The van der Waals surface area contributed by atoms with Gasteiger partial charge < -0.3 is 0 Å². The van der Waals surface area contributed by atoms with Crippen molar-refractivity contribution in [2.45, 2.75) is 77.3 Å². The number of nitrogens with zero attached hydrogens (tertiary/aromatic N) is 2. The van der Waals surface area contributed by atoms with Gasteiger partial charge in [-0.2, -0.15) is 13.2 Å². The summed E-state index contributed by atoms with van der Waals surface area (Å²) in [5, 5.41) is 2.46. The van der Waals surface area contributed by atoms with E-state index in [1.165, 1.54) is 22.3 Å². The average Bonchev–Trinajstić information content (AvgIpc) is 3.21. The van der Waals surface area contributed by atoms with Gasteiger partial charge in [0, 0.05) is 11.8 Å². The average molecular weight is 497 g/mol. The second kappa shape index (κ2) is 8.02. The molecule has 35 heavy (non-hydrogen) atoms. The molecule has 2 aromatic carbocycles. The predicted octanol–water partition coefficient (Wildman–Crippen LogP) is 9.21. The van der Waals surface area contributed by atoms with Gasteiger partial charge >= 0.3 is 6.18 Å². The summed E-state index contributed by atoms with van der Waals surface area (Å²) in [5.41, 5.74) is 1.34. The number of thiazole rings is 1. The molecule has 184 valence electrons. The smallest absolute Gasteiger partial charge is 0.255 e. The lowest BCUT2D eigenvalue weighted by Gasteiger charge is -2.43. The van der Waals surface area contributed by atoms with E-state index in [0.29, 0.717) is 24.1 Å². The normalized spacial score (nSPS) is 18.3. The highest BCUT2D eigenvalue weighted by Crippen LogP contribution is 2.56. The number of rotatable bonds is 2. The summed E-state index contributed by atoms with van der Waals surface area (Å²) >= 11 is 1.18. The number of pyridine rings is 1. The highest BCUT2D eigenvalue weighted by atomic mass is 32.1. The summed E-state index contributed by atoms with van der Waals surface area (Å²) in [6.45, 7) is 10.6. The molecule has 0 bridgehead atoms. The van der Waals surface area contributed by atoms with E-state index in [-0.39, 0.29) is 28.7 Å². The molecule has 1 aliphatic rings. The van der Waals surface area contributed by atoms with Gasteiger partial charge in [0.05, 0.1) is 15.9 Å². The van der Waals surface area contributed by atoms with Gasteiger partial charge in [-0.15, -0.1) is 11.3 Å². The van der Waals surface area contributed by atoms with Crippen LogP contribution in [-0.4, -0.2) is 16.1 Å². The Labute approximate surface area is 208 Å². The second-order valence-electron chi connectivity index (χ2n) is 11.8. The third-order valence-electron chi connectivity index (χ3n) is 7.66. The maximum atomic E-state index is 14.6. The minimum absolute atomic E-state index is 0.0768. The molecule has 0 spiro atoms. The van der Waals surface area contributed by atoms with Gasteiger partial charge in [0.2, 0.25) is 0 Å². The highest BCUT2D eigenvalue weighted by molar-refractivity contribution is 7.19. The molecule has 0 saturated heterocycles. The number of fused-ring (bicyclic) bond motifs is 2. The number of hydrogen-bond acceptors (Lipinski definition) is 3. The Bertz CT molecular complexity index is 1400. The molecule has 0 radical (unpaired) electrons. The molecule has 0 unspecified atom stereocenters. The first kappa shape index (κ1) is 24.2. The summed E-state index contributed by atoms with van der Waals surface area (Å²) in [6, 6.07) is 14.2. The number of alkyl halides is 3. The summed E-state index contributed by atoms with van der Waals surface area (Å²) in [4.78, 5) is 9.26. The Morgan fingerprint density at radius 2 is 1.60 bits per heavy atom. The monoisotopic (exact) mass is 496 g/mol. The van der Waals surface area contributed by atoms with Crippen LogP contribution in [0.15, 0.2) is 48.7 Å². The lowest BCUT2D eigenvalue weighted by molar-refractivity contribution is -0.204. The molecule has 1 saturated carbocycles. The zero-order valence-electron chi connectivity index (χ0n) is 20.9. The molecule has 0 atom stereocenters. The van der Waals surface area contributed by atoms with Crippen molar-refractivity contribution in [1.82, 2.24) is 9.97 Å². The van der Waals surface area contributed by atoms with Crippen LogP contribution >= 0.6 is 11.3 Å². The van der Waals surface area contributed by atoms with Crippen molar-refractivity contribution in [3.05, 3.63) is 59.2 Å². The zero-order chi connectivity index (χ0) is 25.2. The molecule has 4 aromatic rings. The van der Waals surface area contributed by atoms with E-state index in [2.05, 4.69) is 68.9 Å². The van der Waals surface area contributed by atoms with Crippen LogP contribution in [0.1, 0.15) is 70.9 Å². The summed E-state index contributed by atoms with van der Waals surface area (Å²) < 4.78 is 44.5. The quantitative estimate of drug-likeness (QED) is 0.276. The van der Waals surface area contributed by atoms with Crippen LogP contribution in [0, 0.1) is 5.41 Å². The fraction of sp³-hybridized carbons (Fsp3) is 0.448. The van der Waals surface area contributed by atoms with Gasteiger partial charge in [0.25, 0.3) is 0 Å². The first-order valence-electron chi connectivity index (χ1n) is 12.2. The third kappa shape index (κ3) is 4.14. The van der Waals surface area contributed by atoms with E-state index >= 15 is 0 Å². The zero-order valence-corrected chi connectivity index (χ0v) is 21.7. The van der Waals surface area contributed by atoms with E-state index in [1.807, 2.05) is 12.1 Å². The van der Waals surface area contributed by atoms with Crippen molar-refractivity contribution in [2.24, 2.45) is 5.41 Å². The second-order valence-corrected chi connectivity index (χ2v) is 12.8. The molecule has 2 aromatic heterocycles. The summed E-state index contributed by atoms with van der Waals surface area (Å²) in [5.74, 6) is 0. The molecule has 0 amide bonds. The Morgan fingerprint density at radius 1 is 0.914 bits per heavy atom. The van der Waals surface area contributed by atoms with Gasteiger partial charge in [0.1, 0.15) is 10.4 Å². The number of aromatic nitrogens is 2. The van der Waals surface area contributed by atoms with Gasteiger partial charge in [-0.3, -0.25) is 4.98 Å². The molecule has 2 nitrogen and oxygen atoms in total. The van der Waals surface area contributed by atoms with E-state index in [1.54, 1.807) is 12.3 Å². The van der Waals surface area contributed by atoms with E-state index in [0.717, 1.165) is 15.6 Å². The van der Waals surface area contributed by atoms with Crippen molar-refractivity contribution < 1.29 is 13.2 Å². The molecule has 1 fully saturated rings. The number of halogens is 3. The largest absolute Gasteiger partial charge is 0.400 e. The first-order chi connectivity index (χ1) is 16.3. The first-order valence-corrected chi connectivity index (χ1v) is 13.0. The van der Waals surface area contributed by atoms with Crippen LogP contribution < -0.4 is 0 Å². The van der Waals surface area contributed by atoms with Gasteiger partial charge in [0.15, 0.2) is 0 Å². The van der Waals surface area contributed by atoms with E-state index in [4.69, 9.17) is 0 Å². The molecule has 1 aliphatic carbocycles. The van der Waals surface area contributed by atoms with E-state index < -0.39 is 11.6 Å². The standard InChI is InChI=1S/C29H31F3N2S/c1-26(2,3)21-17-19(16-18-8-6-7-9-20(18)21)23-24-22(10-15-33-23)34-25(35-24)28(29(30,31)32)13-11-27(4,5)12-14-28/h6-10,15-17H,11-14H2,1-5H3. The SMILES string of the molecule is CC1(C)CCC(c2nc3ccnc(-c4cc(C(C)(C)C)c5ccccc5c4)c3s2)(C(F)(F)F)CC1. The Balaban J connectivity index is 1.70. The van der Waals surface area contributed by atoms with Crippen LogP contribution in [0.2, 0.25) is 0 Å². The van der Waals surface area contributed by atoms with Gasteiger partial charge in [-0.05, 0) is 71.0 Å². The van der Waals surface area contributed by atoms with Crippen molar-refractivity contribution in [1.29, 1.82) is 0 Å². The Morgan fingerprint density at radius 3 is 2.26 bits per heavy atom. The van der Waals surface area contributed by atoms with Gasteiger partial charge in [-0.25, -0.2) is 4.98 Å². The Hall–Kier alpha value is -2.47. The topological polar surface area (TPSA) is 25.8 Å². The maximum absolute atomic E-state index is 14.6. The van der Waals surface area contributed by atoms with E-state index in [9.17, 15) is 13.2 Å². The van der Waals surface area contributed by atoms with Crippen molar-refractivity contribution in [2.75, 3.05) is 0 Å². The molecular weight excluding hydrogens is 465 g/mol. The van der Waals surface area contributed by atoms with Gasteiger partial charge in [-0.1, -0.05) is 58.9 Å². The minimum atomic E-state index is -4.34. The highest BCUT2D eigenvalue weighted by Gasteiger charge is 2.59. The van der Waals surface area contributed by atoms with Crippen molar-refractivity contribution >= 4 is 32.3 Å². The maximum Gasteiger partial charge on any atom is 0.400 e. The molecule has 0 aliphatic heterocycles. The number of benzene rings is 2. The predicted molar refractivity (Wildman–Crippen MR) is 139 cm³/mol. The third-order valence-corrected chi connectivity index (χ3v) is 8.94. The van der Waals surface area contributed by atoms with Crippen molar-refractivity contribution in [3.8, 4) is 11.3 Å². The molecule has 6 heteroatoms. The van der Waals surface area contributed by atoms with Crippen LogP contribution in [-0.2, 0) is 10.8 Å². The lowest BCUT2D eigenvalue weighted by atomic mass is 9.65. The van der Waals surface area contributed by atoms with Crippen molar-refractivity contribution in [3.63, 3.8) is 0 Å². The fourth-order valence-corrected chi connectivity index (χ4v) is 6.64. The van der Waals surface area contributed by atoms with Crippen LogP contribution in [0.5, 0.6) is 0 Å². The molecule has 0 N–H and O–H groups in total. The van der Waals surface area contributed by atoms with Crippen LogP contribution in [0.3, 0.4) is 0 Å². The Kier molecular flexibility index (Phi) is 5.55. The lowest BCUT2D eigenvalue weighted by Crippen LogP contribution is -2.46. The van der Waals surface area contributed by atoms with Crippen LogP contribution in [0.25, 0.3) is 32.2 Å². The molecular formula is C29H31F3N2S. The fourth-order valence-electron chi connectivity index (χ4n) is 5.31. The minimum Gasteiger partial charge on any atom is -0.255 e.